The SMILES string of the molecule is Cc1cnc(NC2CC3CC2N(C(=O)c2c(F)cccc2-c2ncco2)C3)nc1.Cc1cnc(NC2CC3CC2N(C(=O)c2ccccc2-c2ncc(F)cn2)C3)nc1.Cc1cnc(NC2CC3CC2N(C(=O)c2ccccc2-c2ncccn2)C3)nc1.Cc1cnc(NC2CC3CC2N(C(=O)c2nc(C)ccc2C)C3)nc1. The van der Waals surface area contributed by atoms with Crippen LogP contribution in [-0.4, -0.2) is 188 Å². The fourth-order valence-corrected chi connectivity index (χ4v) is 17.5. The highest BCUT2D eigenvalue weighted by Crippen LogP contribution is 2.45. The van der Waals surface area contributed by atoms with E-state index in [0.717, 1.165) is 122 Å². The van der Waals surface area contributed by atoms with E-state index in [1.54, 1.807) is 72.4 Å². The molecular formula is C84H86F2N22O5. The molecule has 0 radical (unpaired) electrons. The zero-order valence-corrected chi connectivity index (χ0v) is 63.4. The van der Waals surface area contributed by atoms with Crippen molar-refractivity contribution in [3.63, 3.8) is 0 Å². The number of oxazole rings is 1. The lowest BCUT2D eigenvalue weighted by Gasteiger charge is -2.34. The van der Waals surface area contributed by atoms with E-state index in [9.17, 15) is 28.0 Å². The minimum absolute atomic E-state index is 0.00726. The van der Waals surface area contributed by atoms with Crippen molar-refractivity contribution in [1.82, 2.24) is 89.4 Å². The molecule has 11 aromatic rings. The predicted octanol–water partition coefficient (Wildman–Crippen LogP) is 11.9. The summed E-state index contributed by atoms with van der Waals surface area (Å²) >= 11 is 0. The quantitative estimate of drug-likeness (QED) is 0.0741. The lowest BCUT2D eigenvalue weighted by molar-refractivity contribution is 0.0678. The van der Waals surface area contributed by atoms with Crippen LogP contribution in [0.15, 0.2) is 176 Å². The number of carbonyl (C=O) groups is 4. The number of hydrogen-bond acceptors (Lipinski definition) is 23. The maximum absolute atomic E-state index is 14.7. The maximum atomic E-state index is 14.7. The number of carbonyl (C=O) groups excluding carboxylic acids is 4. The van der Waals surface area contributed by atoms with Crippen molar-refractivity contribution >= 4 is 47.4 Å². The Kier molecular flexibility index (Phi) is 21.4. The molecule has 29 heteroatoms. The maximum Gasteiger partial charge on any atom is 0.273 e. The Labute approximate surface area is 651 Å². The van der Waals surface area contributed by atoms with Crippen LogP contribution < -0.4 is 21.3 Å². The zero-order valence-electron chi connectivity index (χ0n) is 63.4. The molecule has 8 aromatic heterocycles. The highest BCUT2D eigenvalue weighted by atomic mass is 19.1. The molecule has 4 aliphatic heterocycles. The summed E-state index contributed by atoms with van der Waals surface area (Å²) in [6, 6.07) is 25.9. The third-order valence-corrected chi connectivity index (χ3v) is 22.7. The number of likely N-dealkylation sites (tertiary alicyclic amines) is 4. The first-order valence-corrected chi connectivity index (χ1v) is 38.4. The van der Waals surface area contributed by atoms with Crippen LogP contribution in [0.2, 0.25) is 0 Å². The van der Waals surface area contributed by atoms with Crippen LogP contribution in [0.3, 0.4) is 0 Å². The van der Waals surface area contributed by atoms with Gasteiger partial charge >= 0.3 is 0 Å². The molecule has 8 aliphatic rings. The highest BCUT2D eigenvalue weighted by molar-refractivity contribution is 6.02. The Hall–Kier alpha value is -12.6. The van der Waals surface area contributed by atoms with Gasteiger partial charge in [-0.25, -0.2) is 78.6 Å². The van der Waals surface area contributed by atoms with Gasteiger partial charge in [-0.3, -0.25) is 19.2 Å². The van der Waals surface area contributed by atoms with Gasteiger partial charge in [0.1, 0.15) is 17.8 Å². The number of hydrogen-bond donors (Lipinski definition) is 4. The molecule has 3 aromatic carbocycles. The topological polar surface area (TPSA) is 323 Å². The van der Waals surface area contributed by atoms with Crippen LogP contribution in [-0.2, 0) is 0 Å². The van der Waals surface area contributed by atoms with E-state index < -0.39 is 11.6 Å². The van der Waals surface area contributed by atoms with Gasteiger partial charge in [0, 0.05) is 129 Å². The third-order valence-electron chi connectivity index (χ3n) is 22.7. The van der Waals surface area contributed by atoms with E-state index in [-0.39, 0.29) is 83.4 Å². The van der Waals surface area contributed by atoms with Gasteiger partial charge in [0.15, 0.2) is 17.5 Å². The average molecular weight is 1520 g/mol. The standard InChI is InChI=1S/C22H21FN6O.C22H22N6O.C21H20FN5O2.C19H23N5O/c1-13-8-26-22(27-9-13)28-18-6-14-7-19(18)29(12-14)21(30)17-5-3-2-4-16(17)20-24-10-15(23)11-25-20;1-14-11-25-22(26-12-14)27-18-9-15-10-19(18)28(13-15)21(29)17-6-3-2-5-16(17)20-23-7-4-8-24-20;1-12-9-24-21(25-10-12)26-16-7-13-8-17(16)27(11-13)20(28)18-14(3-2-4-15(18)22)19-23-5-6-29-19;1-11-8-20-19(21-9-11)23-15-6-14-7-16(15)24(10-14)18(25)17-12(2)4-5-13(3)22-17/h2-5,8-11,14,18-19H,6-7,12H2,1H3,(H,26,27,28);2-8,11-12,15,18-19H,9-10,13H2,1H3,(H,25,26,27);2-6,9-10,13,16-17H,7-8,11H2,1H3,(H,24,25,26);4-5,8-9,14-16H,6-7,10H2,1-3H3,(H,20,21,23). The molecule has 19 rings (SSSR count). The molecule has 27 nitrogen and oxygen atoms in total. The summed E-state index contributed by atoms with van der Waals surface area (Å²) in [7, 11) is 0. The van der Waals surface area contributed by atoms with Crippen molar-refractivity contribution in [2.75, 3.05) is 47.4 Å². The molecule has 0 spiro atoms. The molecule has 12 unspecified atom stereocenters. The van der Waals surface area contributed by atoms with Gasteiger partial charge in [0.25, 0.3) is 23.6 Å². The van der Waals surface area contributed by atoms with E-state index >= 15 is 0 Å². The van der Waals surface area contributed by atoms with Crippen molar-refractivity contribution in [2.24, 2.45) is 23.7 Å². The first-order chi connectivity index (χ1) is 54.9. The number of fused-ring (bicyclic) bond motifs is 8. The summed E-state index contributed by atoms with van der Waals surface area (Å²) in [5.74, 6) is 4.05. The highest BCUT2D eigenvalue weighted by Gasteiger charge is 2.52. The van der Waals surface area contributed by atoms with Crippen molar-refractivity contribution in [2.45, 2.75) is 141 Å². The molecular weight excluding hydrogens is 1440 g/mol. The van der Waals surface area contributed by atoms with Gasteiger partial charge in [0.05, 0.1) is 65.0 Å². The van der Waals surface area contributed by atoms with Crippen LogP contribution in [0.1, 0.15) is 126 Å². The van der Waals surface area contributed by atoms with Gasteiger partial charge in [-0.05, 0) is 181 Å². The average Bonchev–Trinajstić information content (AvgIpc) is 1.63. The zero-order chi connectivity index (χ0) is 78.0. The van der Waals surface area contributed by atoms with Crippen LogP contribution in [0, 0.1) is 76.8 Å². The van der Waals surface area contributed by atoms with E-state index in [2.05, 4.69) is 91.0 Å². The van der Waals surface area contributed by atoms with Crippen molar-refractivity contribution in [3.8, 4) is 34.2 Å². The summed E-state index contributed by atoms with van der Waals surface area (Å²) in [5.41, 5.74) is 9.38. The van der Waals surface area contributed by atoms with E-state index in [4.69, 9.17) is 4.42 Å². The summed E-state index contributed by atoms with van der Waals surface area (Å²) in [4.78, 5) is 121. The van der Waals surface area contributed by atoms with Gasteiger partial charge in [0.2, 0.25) is 29.7 Å². The van der Waals surface area contributed by atoms with Crippen LogP contribution in [0.5, 0.6) is 0 Å². The number of benzene rings is 3. The number of aromatic nitrogens is 14. The minimum atomic E-state index is -0.570. The molecule has 4 saturated carbocycles. The summed E-state index contributed by atoms with van der Waals surface area (Å²) in [6.07, 6.45) is 30.8. The molecule has 12 atom stereocenters. The Morgan fingerprint density at radius 2 is 0.761 bits per heavy atom. The van der Waals surface area contributed by atoms with Crippen LogP contribution >= 0.6 is 0 Å². The first-order valence-electron chi connectivity index (χ1n) is 38.4. The van der Waals surface area contributed by atoms with E-state index in [0.29, 0.717) is 93.6 Å². The van der Waals surface area contributed by atoms with Gasteiger partial charge in [-0.1, -0.05) is 48.5 Å². The number of aryl methyl sites for hydroxylation is 6. The van der Waals surface area contributed by atoms with Crippen LogP contribution in [0.4, 0.5) is 32.6 Å². The summed E-state index contributed by atoms with van der Waals surface area (Å²) in [6.45, 7) is 14.7. The Balaban J connectivity index is 0.000000114. The largest absolute Gasteiger partial charge is 0.445 e. The van der Waals surface area contributed by atoms with Gasteiger partial charge < -0.3 is 45.3 Å². The number of piperidine rings is 4. The first kappa shape index (κ1) is 74.5. The van der Waals surface area contributed by atoms with Gasteiger partial charge in [-0.15, -0.1) is 0 Å². The number of rotatable bonds is 15. The fourth-order valence-electron chi connectivity index (χ4n) is 17.5. The monoisotopic (exact) mass is 1520 g/mol. The minimum Gasteiger partial charge on any atom is -0.445 e. The number of halogens is 2. The number of nitrogens with one attached hydrogen (secondary N) is 4. The van der Waals surface area contributed by atoms with Crippen molar-refractivity contribution in [1.29, 1.82) is 0 Å². The fraction of sp³-hybridized carbons (Fsp3) is 0.357. The smallest absolute Gasteiger partial charge is 0.273 e. The normalized spacial score (nSPS) is 23.0. The summed E-state index contributed by atoms with van der Waals surface area (Å²) in [5, 5.41) is 13.6. The molecule has 8 fully saturated rings. The van der Waals surface area contributed by atoms with E-state index in [1.165, 1.54) is 18.5 Å². The van der Waals surface area contributed by atoms with Gasteiger partial charge in [-0.2, -0.15) is 0 Å². The van der Waals surface area contributed by atoms with Crippen molar-refractivity contribution < 1.29 is 32.4 Å². The van der Waals surface area contributed by atoms with Crippen molar-refractivity contribution in [3.05, 3.63) is 239 Å². The second-order valence-electron chi connectivity index (χ2n) is 30.8. The molecule has 4 aliphatic carbocycles. The molecule has 8 bridgehead atoms. The molecule has 576 valence electrons. The number of amides is 4. The molecule has 4 amide bonds. The second kappa shape index (κ2) is 32.4. The summed E-state index contributed by atoms with van der Waals surface area (Å²) < 4.78 is 33.3. The van der Waals surface area contributed by atoms with E-state index in [1.807, 2.05) is 130 Å². The number of nitrogens with zero attached hydrogens (tertiary/aromatic N) is 18. The Morgan fingerprint density at radius 3 is 1.16 bits per heavy atom. The Bertz CT molecular complexity index is 5230. The third kappa shape index (κ3) is 16.2. The number of pyridine rings is 1. The molecule has 12 heterocycles. The number of anilines is 4. The lowest BCUT2D eigenvalue weighted by atomic mass is 10.0. The second-order valence-corrected chi connectivity index (χ2v) is 30.8. The predicted molar refractivity (Wildman–Crippen MR) is 417 cm³/mol. The lowest BCUT2D eigenvalue weighted by Crippen LogP contribution is -2.48. The molecule has 113 heavy (non-hydrogen) atoms. The molecule has 4 saturated heterocycles. The Morgan fingerprint density at radius 1 is 0.381 bits per heavy atom. The molecule has 4 N–H and O–H groups in total. The van der Waals surface area contributed by atoms with Crippen LogP contribution in [0.25, 0.3) is 34.2 Å².